The normalized spacial score (nSPS) is 13.3. The lowest BCUT2D eigenvalue weighted by Crippen LogP contribution is -2.15. The molecule has 0 aliphatic carbocycles. The summed E-state index contributed by atoms with van der Waals surface area (Å²) in [6.07, 6.45) is 0. The van der Waals surface area contributed by atoms with Gasteiger partial charge in [-0.2, -0.15) is 0 Å². The molecule has 0 bridgehead atoms. The Hall–Kier alpha value is -2.68. The Morgan fingerprint density at radius 3 is 2.24 bits per heavy atom. The van der Waals surface area contributed by atoms with Gasteiger partial charge in [-0.3, -0.25) is 0 Å². The van der Waals surface area contributed by atoms with Crippen LogP contribution < -0.4 is 9.47 Å². The highest BCUT2D eigenvalue weighted by molar-refractivity contribution is 5.88. The van der Waals surface area contributed by atoms with E-state index >= 15 is 0 Å². The Kier molecular flexibility index (Phi) is 2.71. The van der Waals surface area contributed by atoms with Gasteiger partial charge in [0.05, 0.1) is 0 Å². The third-order valence-electron chi connectivity index (χ3n) is 3.70. The van der Waals surface area contributed by atoms with Gasteiger partial charge in [0, 0.05) is 0 Å². The molecule has 104 valence electrons. The minimum atomic E-state index is 0.287. The van der Waals surface area contributed by atoms with Gasteiger partial charge in [-0.15, -0.1) is 0 Å². The molecule has 1 heterocycles. The standard InChI is InChI=1S/C18H14O3/c19-16-5-3-13-9-12(1-2-14(13)10-16)15-4-6-17-18(11-15)21-8-7-20-17/h1-6,9-11,19H,7-8H2. The van der Waals surface area contributed by atoms with Crippen molar-refractivity contribution in [1.82, 2.24) is 0 Å². The average Bonchev–Trinajstić information content (AvgIpc) is 2.54. The van der Waals surface area contributed by atoms with Gasteiger partial charge in [-0.05, 0) is 52.2 Å². The summed E-state index contributed by atoms with van der Waals surface area (Å²) in [6, 6.07) is 17.6. The largest absolute Gasteiger partial charge is 0.508 e. The molecule has 1 aliphatic rings. The Morgan fingerprint density at radius 1 is 0.667 bits per heavy atom. The van der Waals surface area contributed by atoms with E-state index < -0.39 is 0 Å². The summed E-state index contributed by atoms with van der Waals surface area (Å²) in [7, 11) is 0. The maximum atomic E-state index is 9.52. The van der Waals surface area contributed by atoms with Gasteiger partial charge in [0.25, 0.3) is 0 Å². The third kappa shape index (κ3) is 2.17. The van der Waals surface area contributed by atoms with Crippen molar-refractivity contribution in [2.45, 2.75) is 0 Å². The molecule has 3 aromatic rings. The number of rotatable bonds is 1. The lowest BCUT2D eigenvalue weighted by Gasteiger charge is -2.19. The van der Waals surface area contributed by atoms with Crippen molar-refractivity contribution in [2.24, 2.45) is 0 Å². The molecular weight excluding hydrogens is 264 g/mol. The number of benzene rings is 3. The molecule has 0 spiro atoms. The van der Waals surface area contributed by atoms with Crippen LogP contribution in [0.5, 0.6) is 17.2 Å². The topological polar surface area (TPSA) is 38.7 Å². The molecule has 3 aromatic carbocycles. The summed E-state index contributed by atoms with van der Waals surface area (Å²) in [4.78, 5) is 0. The monoisotopic (exact) mass is 278 g/mol. The van der Waals surface area contributed by atoms with Crippen molar-refractivity contribution in [3.05, 3.63) is 54.6 Å². The highest BCUT2D eigenvalue weighted by Gasteiger charge is 2.12. The van der Waals surface area contributed by atoms with Crippen LogP contribution in [0.25, 0.3) is 21.9 Å². The molecule has 1 aliphatic heterocycles. The van der Waals surface area contributed by atoms with Gasteiger partial charge >= 0.3 is 0 Å². The molecule has 0 saturated carbocycles. The minimum absolute atomic E-state index is 0.287. The Morgan fingerprint density at radius 2 is 1.33 bits per heavy atom. The van der Waals surface area contributed by atoms with Crippen LogP contribution in [0.1, 0.15) is 0 Å². The highest BCUT2D eigenvalue weighted by Crippen LogP contribution is 2.35. The van der Waals surface area contributed by atoms with Crippen molar-refractivity contribution >= 4 is 10.8 Å². The van der Waals surface area contributed by atoms with E-state index in [1.807, 2.05) is 36.4 Å². The van der Waals surface area contributed by atoms with E-state index in [4.69, 9.17) is 9.47 Å². The zero-order valence-corrected chi connectivity index (χ0v) is 11.4. The Labute approximate surface area is 122 Å². The number of hydrogen-bond donors (Lipinski definition) is 1. The first-order valence-electron chi connectivity index (χ1n) is 6.92. The number of phenolic OH excluding ortho intramolecular Hbond substituents is 1. The van der Waals surface area contributed by atoms with Crippen LogP contribution in [0.3, 0.4) is 0 Å². The Bertz CT molecular complexity index is 824. The first-order chi connectivity index (χ1) is 10.3. The number of aromatic hydroxyl groups is 1. The molecule has 4 rings (SSSR count). The van der Waals surface area contributed by atoms with Crippen molar-refractivity contribution in [2.75, 3.05) is 13.2 Å². The molecule has 3 nitrogen and oxygen atoms in total. The Balaban J connectivity index is 1.80. The van der Waals surface area contributed by atoms with E-state index in [2.05, 4.69) is 6.07 Å². The molecule has 3 heteroatoms. The summed E-state index contributed by atoms with van der Waals surface area (Å²) in [5.74, 6) is 1.88. The molecular formula is C18H14O3. The molecule has 1 N–H and O–H groups in total. The molecule has 0 saturated heterocycles. The van der Waals surface area contributed by atoms with Gasteiger partial charge in [-0.1, -0.05) is 24.3 Å². The summed E-state index contributed by atoms with van der Waals surface area (Å²) < 4.78 is 11.2. The van der Waals surface area contributed by atoms with E-state index in [9.17, 15) is 5.11 Å². The molecule has 0 aromatic heterocycles. The van der Waals surface area contributed by atoms with E-state index in [0.717, 1.165) is 33.4 Å². The van der Waals surface area contributed by atoms with Crippen LogP contribution in [0.2, 0.25) is 0 Å². The van der Waals surface area contributed by atoms with Gasteiger partial charge < -0.3 is 14.6 Å². The molecule has 0 fully saturated rings. The molecule has 0 atom stereocenters. The lowest BCUT2D eigenvalue weighted by molar-refractivity contribution is 0.171. The second-order valence-corrected chi connectivity index (χ2v) is 5.10. The lowest BCUT2D eigenvalue weighted by atomic mass is 10.0. The molecule has 0 unspecified atom stereocenters. The van der Waals surface area contributed by atoms with Crippen molar-refractivity contribution in [1.29, 1.82) is 0 Å². The van der Waals surface area contributed by atoms with Crippen LogP contribution in [-0.4, -0.2) is 18.3 Å². The predicted molar refractivity (Wildman–Crippen MR) is 82.0 cm³/mol. The van der Waals surface area contributed by atoms with Crippen LogP contribution in [0, 0.1) is 0 Å². The quantitative estimate of drug-likeness (QED) is 0.731. The van der Waals surface area contributed by atoms with Crippen molar-refractivity contribution in [3.63, 3.8) is 0 Å². The minimum Gasteiger partial charge on any atom is -0.508 e. The average molecular weight is 278 g/mol. The van der Waals surface area contributed by atoms with Gasteiger partial charge in [0.2, 0.25) is 0 Å². The fourth-order valence-corrected chi connectivity index (χ4v) is 2.64. The molecule has 21 heavy (non-hydrogen) atoms. The highest BCUT2D eigenvalue weighted by atomic mass is 16.6. The van der Waals surface area contributed by atoms with Crippen molar-refractivity contribution in [3.8, 4) is 28.4 Å². The smallest absolute Gasteiger partial charge is 0.161 e. The number of fused-ring (bicyclic) bond motifs is 2. The zero-order valence-electron chi connectivity index (χ0n) is 11.4. The summed E-state index contributed by atoms with van der Waals surface area (Å²) in [5.41, 5.74) is 2.21. The predicted octanol–water partition coefficient (Wildman–Crippen LogP) is 3.98. The van der Waals surface area contributed by atoms with E-state index in [-0.39, 0.29) is 5.75 Å². The van der Waals surface area contributed by atoms with Gasteiger partial charge in [0.1, 0.15) is 19.0 Å². The van der Waals surface area contributed by atoms with Crippen LogP contribution in [-0.2, 0) is 0 Å². The van der Waals surface area contributed by atoms with E-state index in [1.165, 1.54) is 0 Å². The molecule has 0 amide bonds. The van der Waals surface area contributed by atoms with Crippen LogP contribution in [0.15, 0.2) is 54.6 Å². The van der Waals surface area contributed by atoms with Crippen LogP contribution in [0.4, 0.5) is 0 Å². The second-order valence-electron chi connectivity index (χ2n) is 5.10. The van der Waals surface area contributed by atoms with Crippen molar-refractivity contribution < 1.29 is 14.6 Å². The van der Waals surface area contributed by atoms with E-state index in [0.29, 0.717) is 13.2 Å². The fourth-order valence-electron chi connectivity index (χ4n) is 2.64. The fraction of sp³-hybridized carbons (Fsp3) is 0.111. The third-order valence-corrected chi connectivity index (χ3v) is 3.70. The second kappa shape index (κ2) is 4.70. The number of phenols is 1. The summed E-state index contributed by atoms with van der Waals surface area (Å²) in [5, 5.41) is 11.6. The number of hydrogen-bond acceptors (Lipinski definition) is 3. The zero-order chi connectivity index (χ0) is 14.2. The maximum Gasteiger partial charge on any atom is 0.161 e. The molecule has 0 radical (unpaired) electrons. The first kappa shape index (κ1) is 12.1. The maximum absolute atomic E-state index is 9.52. The van der Waals surface area contributed by atoms with Gasteiger partial charge in [-0.25, -0.2) is 0 Å². The van der Waals surface area contributed by atoms with Gasteiger partial charge in [0.15, 0.2) is 11.5 Å². The van der Waals surface area contributed by atoms with E-state index in [1.54, 1.807) is 12.1 Å². The number of ether oxygens (including phenoxy) is 2. The summed E-state index contributed by atoms with van der Waals surface area (Å²) >= 11 is 0. The van der Waals surface area contributed by atoms with Crippen LogP contribution >= 0.6 is 0 Å². The SMILES string of the molecule is Oc1ccc2cc(-c3ccc4c(c3)OCCO4)ccc2c1. The first-order valence-corrected chi connectivity index (χ1v) is 6.92. The summed E-state index contributed by atoms with van der Waals surface area (Å²) in [6.45, 7) is 1.19.